The first-order valence-corrected chi connectivity index (χ1v) is 7.87. The first kappa shape index (κ1) is 15.5. The van der Waals surface area contributed by atoms with Gasteiger partial charge >= 0.3 is 0 Å². The molecule has 2 rings (SSSR count). The number of Topliss-reactive ketones (excluding diaryl/α,β-unsaturated/α-hetero) is 1. The van der Waals surface area contributed by atoms with E-state index in [1.165, 1.54) is 5.56 Å². The lowest BCUT2D eigenvalue weighted by atomic mass is 9.70. The van der Waals surface area contributed by atoms with E-state index in [9.17, 15) is 4.79 Å². The van der Waals surface area contributed by atoms with Crippen LogP contribution < -0.4 is 0 Å². The minimum Gasteiger partial charge on any atom is -0.293 e. The third-order valence-corrected chi connectivity index (χ3v) is 4.59. The van der Waals surface area contributed by atoms with Gasteiger partial charge in [-0.05, 0) is 30.4 Å². The lowest BCUT2D eigenvalue weighted by molar-refractivity contribution is 0.0873. The molecule has 0 unspecified atom stereocenters. The van der Waals surface area contributed by atoms with Gasteiger partial charge in [-0.25, -0.2) is 0 Å². The zero-order valence-corrected chi connectivity index (χ0v) is 13.2. The topological polar surface area (TPSA) is 17.1 Å². The average molecular weight is 280 g/mol. The molecule has 0 radical (unpaired) electrons. The third-order valence-electron chi connectivity index (χ3n) is 4.59. The molecule has 0 aliphatic heterocycles. The van der Waals surface area contributed by atoms with E-state index in [-0.39, 0.29) is 5.78 Å². The number of aryl methyl sites for hydroxylation is 1. The highest BCUT2D eigenvalue weighted by atomic mass is 16.1. The number of hydrogen-bond acceptors (Lipinski definition) is 1. The second-order valence-corrected chi connectivity index (χ2v) is 5.53. The van der Waals surface area contributed by atoms with E-state index in [2.05, 4.69) is 45.0 Å². The highest BCUT2D eigenvalue weighted by Gasteiger charge is 2.36. The summed E-state index contributed by atoms with van der Waals surface area (Å²) < 4.78 is 0. The molecule has 110 valence electrons. The van der Waals surface area contributed by atoms with Crippen molar-refractivity contribution in [1.82, 2.24) is 0 Å². The molecule has 0 saturated heterocycles. The number of carbonyl (C=O) groups excluding carboxylic acids is 1. The lowest BCUT2D eigenvalue weighted by Gasteiger charge is -2.31. The van der Waals surface area contributed by atoms with Crippen LogP contribution in [0.25, 0.3) is 0 Å². The predicted octanol–water partition coefficient (Wildman–Crippen LogP) is 5.19. The van der Waals surface area contributed by atoms with Crippen molar-refractivity contribution in [3.8, 4) is 0 Å². The van der Waals surface area contributed by atoms with Gasteiger partial charge in [-0.1, -0.05) is 75.4 Å². The highest BCUT2D eigenvalue weighted by molar-refractivity contribution is 6.04. The predicted molar refractivity (Wildman–Crippen MR) is 88.9 cm³/mol. The molecule has 0 amide bonds. The van der Waals surface area contributed by atoms with Crippen molar-refractivity contribution in [3.63, 3.8) is 0 Å². The van der Waals surface area contributed by atoms with Gasteiger partial charge in [0.1, 0.15) is 0 Å². The van der Waals surface area contributed by atoms with Crippen LogP contribution in [0, 0.1) is 0 Å². The van der Waals surface area contributed by atoms with Gasteiger partial charge in [0, 0.05) is 5.56 Å². The minimum atomic E-state index is -0.408. The summed E-state index contributed by atoms with van der Waals surface area (Å²) in [7, 11) is 0. The quantitative estimate of drug-likeness (QED) is 0.665. The van der Waals surface area contributed by atoms with Gasteiger partial charge in [-0.2, -0.15) is 0 Å². The largest absolute Gasteiger partial charge is 0.293 e. The van der Waals surface area contributed by atoms with Crippen LogP contribution in [0.1, 0.15) is 55.1 Å². The Morgan fingerprint density at radius 3 is 1.90 bits per heavy atom. The van der Waals surface area contributed by atoms with Crippen molar-refractivity contribution < 1.29 is 4.79 Å². The van der Waals surface area contributed by atoms with Crippen LogP contribution in [0.2, 0.25) is 0 Å². The number of benzene rings is 2. The molecule has 1 nitrogen and oxygen atoms in total. The van der Waals surface area contributed by atoms with Crippen LogP contribution in [0.3, 0.4) is 0 Å². The zero-order chi connectivity index (χ0) is 15.3. The van der Waals surface area contributed by atoms with Crippen molar-refractivity contribution in [1.29, 1.82) is 0 Å². The molecule has 0 aromatic heterocycles. The molecule has 0 spiro atoms. The van der Waals surface area contributed by atoms with Crippen LogP contribution in [-0.2, 0) is 11.8 Å². The fraction of sp³-hybridized carbons (Fsp3) is 0.350. The van der Waals surface area contributed by atoms with E-state index in [4.69, 9.17) is 0 Å². The van der Waals surface area contributed by atoms with E-state index in [1.807, 2.05) is 30.3 Å². The molecule has 0 N–H and O–H groups in total. The molecule has 0 saturated carbocycles. The normalized spacial score (nSPS) is 11.4. The zero-order valence-electron chi connectivity index (χ0n) is 13.2. The number of carbonyl (C=O) groups is 1. The van der Waals surface area contributed by atoms with Crippen molar-refractivity contribution >= 4 is 5.78 Å². The van der Waals surface area contributed by atoms with E-state index < -0.39 is 5.41 Å². The standard InChI is InChI=1S/C20H24O/c1-4-16-12-14-17(15-13-16)19(21)20(5-2,6-3)18-10-8-7-9-11-18/h7-15H,4-6H2,1-3H3. The van der Waals surface area contributed by atoms with Gasteiger partial charge in [0.15, 0.2) is 5.78 Å². The van der Waals surface area contributed by atoms with E-state index in [0.717, 1.165) is 30.4 Å². The van der Waals surface area contributed by atoms with Crippen LogP contribution in [0.5, 0.6) is 0 Å². The van der Waals surface area contributed by atoms with Gasteiger partial charge in [-0.15, -0.1) is 0 Å². The number of ketones is 1. The molecule has 2 aromatic rings. The summed E-state index contributed by atoms with van der Waals surface area (Å²) in [6.07, 6.45) is 2.64. The molecular formula is C20H24O. The lowest BCUT2D eigenvalue weighted by Crippen LogP contribution is -2.34. The van der Waals surface area contributed by atoms with Gasteiger partial charge in [0.05, 0.1) is 5.41 Å². The van der Waals surface area contributed by atoms with Crippen LogP contribution in [0.15, 0.2) is 54.6 Å². The minimum absolute atomic E-state index is 0.237. The molecule has 0 atom stereocenters. The third kappa shape index (κ3) is 2.92. The van der Waals surface area contributed by atoms with E-state index in [0.29, 0.717) is 0 Å². The Labute approximate surface area is 128 Å². The van der Waals surface area contributed by atoms with E-state index >= 15 is 0 Å². The molecule has 2 aromatic carbocycles. The SMILES string of the molecule is CCc1ccc(C(=O)C(CC)(CC)c2ccccc2)cc1. The summed E-state index contributed by atoms with van der Waals surface area (Å²) in [5, 5.41) is 0. The summed E-state index contributed by atoms with van der Waals surface area (Å²) in [4.78, 5) is 13.1. The van der Waals surface area contributed by atoms with Crippen molar-refractivity contribution in [2.45, 2.75) is 45.4 Å². The Balaban J connectivity index is 2.44. The van der Waals surface area contributed by atoms with Crippen LogP contribution >= 0.6 is 0 Å². The molecule has 0 bridgehead atoms. The van der Waals surface area contributed by atoms with Gasteiger partial charge < -0.3 is 0 Å². The summed E-state index contributed by atoms with van der Waals surface area (Å²) in [6.45, 7) is 6.34. The number of rotatable bonds is 6. The average Bonchev–Trinajstić information content (AvgIpc) is 2.57. The molecule has 21 heavy (non-hydrogen) atoms. The first-order chi connectivity index (χ1) is 10.2. The van der Waals surface area contributed by atoms with Crippen molar-refractivity contribution in [3.05, 3.63) is 71.3 Å². The summed E-state index contributed by atoms with van der Waals surface area (Å²) >= 11 is 0. The molecule has 0 fully saturated rings. The Hall–Kier alpha value is -1.89. The van der Waals surface area contributed by atoms with Crippen LogP contribution in [0.4, 0.5) is 0 Å². The van der Waals surface area contributed by atoms with Crippen molar-refractivity contribution in [2.75, 3.05) is 0 Å². The number of hydrogen-bond donors (Lipinski definition) is 0. The summed E-state index contributed by atoms with van der Waals surface area (Å²) in [6, 6.07) is 18.3. The summed E-state index contributed by atoms with van der Waals surface area (Å²) in [5.74, 6) is 0.237. The second-order valence-electron chi connectivity index (χ2n) is 5.53. The maximum atomic E-state index is 13.1. The summed E-state index contributed by atoms with van der Waals surface area (Å²) in [5.41, 5.74) is 2.80. The highest BCUT2D eigenvalue weighted by Crippen LogP contribution is 2.35. The Morgan fingerprint density at radius 2 is 1.43 bits per heavy atom. The smallest absolute Gasteiger partial charge is 0.173 e. The molecular weight excluding hydrogens is 256 g/mol. The molecule has 0 aliphatic carbocycles. The van der Waals surface area contributed by atoms with Gasteiger partial charge in [0.25, 0.3) is 0 Å². The fourth-order valence-corrected chi connectivity index (χ4v) is 3.04. The first-order valence-electron chi connectivity index (χ1n) is 7.87. The molecule has 0 heterocycles. The van der Waals surface area contributed by atoms with E-state index in [1.54, 1.807) is 0 Å². The van der Waals surface area contributed by atoms with Gasteiger partial charge in [0.2, 0.25) is 0 Å². The Morgan fingerprint density at radius 1 is 0.857 bits per heavy atom. The molecule has 1 heteroatoms. The Kier molecular flexibility index (Phi) is 4.95. The fourth-order valence-electron chi connectivity index (χ4n) is 3.04. The maximum absolute atomic E-state index is 13.1. The monoisotopic (exact) mass is 280 g/mol. The van der Waals surface area contributed by atoms with Crippen molar-refractivity contribution in [2.24, 2.45) is 0 Å². The van der Waals surface area contributed by atoms with Gasteiger partial charge in [-0.3, -0.25) is 4.79 Å². The second kappa shape index (κ2) is 6.71. The maximum Gasteiger partial charge on any atom is 0.173 e. The molecule has 0 aliphatic rings. The Bertz CT molecular complexity index is 577. The van der Waals surface area contributed by atoms with Crippen LogP contribution in [-0.4, -0.2) is 5.78 Å².